The van der Waals surface area contributed by atoms with E-state index in [9.17, 15) is 14.4 Å². The Bertz CT molecular complexity index is 957. The van der Waals surface area contributed by atoms with E-state index in [0.717, 1.165) is 17.5 Å². The van der Waals surface area contributed by atoms with Crippen molar-refractivity contribution in [2.75, 3.05) is 24.5 Å². The Balaban J connectivity index is 1.70. The highest BCUT2D eigenvalue weighted by atomic mass is 16.5. The topological polar surface area (TPSA) is 87.7 Å². The van der Waals surface area contributed by atoms with Gasteiger partial charge in [0.05, 0.1) is 18.8 Å². The van der Waals surface area contributed by atoms with Gasteiger partial charge in [-0.25, -0.2) is 0 Å². The molecule has 7 heteroatoms. The lowest BCUT2D eigenvalue weighted by molar-refractivity contribution is -0.128. The van der Waals surface area contributed by atoms with Crippen molar-refractivity contribution in [3.63, 3.8) is 0 Å². The molecule has 1 aliphatic heterocycles. The number of carbonyl (C=O) groups excluding carboxylic acids is 3. The van der Waals surface area contributed by atoms with Crippen LogP contribution in [-0.4, -0.2) is 43.5 Å². The highest BCUT2D eigenvalue weighted by Crippen LogP contribution is 2.33. The van der Waals surface area contributed by atoms with Crippen LogP contribution in [0.25, 0.3) is 0 Å². The Hall–Kier alpha value is -3.35. The van der Waals surface area contributed by atoms with Crippen molar-refractivity contribution in [1.29, 1.82) is 0 Å². The number of amides is 3. The van der Waals surface area contributed by atoms with Gasteiger partial charge in [0.25, 0.3) is 11.8 Å². The summed E-state index contributed by atoms with van der Waals surface area (Å²) in [7, 11) is 0. The maximum atomic E-state index is 12.9. The highest BCUT2D eigenvalue weighted by molar-refractivity contribution is 6.02. The number of para-hydroxylation sites is 2. The summed E-state index contributed by atoms with van der Waals surface area (Å²) in [5.41, 5.74) is 3.20. The average Bonchev–Trinajstić information content (AvgIpc) is 2.76. The van der Waals surface area contributed by atoms with Crippen LogP contribution in [0.4, 0.5) is 5.69 Å². The molecule has 0 fully saturated rings. The first kappa shape index (κ1) is 21.4. The van der Waals surface area contributed by atoms with Gasteiger partial charge in [-0.05, 0) is 55.7 Å². The van der Waals surface area contributed by atoms with Gasteiger partial charge in [0.1, 0.15) is 5.75 Å². The van der Waals surface area contributed by atoms with Crippen LogP contribution >= 0.6 is 0 Å². The number of nitrogens with zero attached hydrogens (tertiary/aromatic N) is 1. The molecule has 2 aromatic carbocycles. The summed E-state index contributed by atoms with van der Waals surface area (Å²) in [6.07, 6.45) is 0.00761. The fraction of sp³-hybridized carbons (Fsp3) is 0.348. The predicted octanol–water partition coefficient (Wildman–Crippen LogP) is 2.35. The van der Waals surface area contributed by atoms with Gasteiger partial charge in [-0.1, -0.05) is 25.1 Å². The average molecular weight is 409 g/mol. The van der Waals surface area contributed by atoms with Gasteiger partial charge >= 0.3 is 0 Å². The van der Waals surface area contributed by atoms with E-state index in [4.69, 9.17) is 4.74 Å². The van der Waals surface area contributed by atoms with Crippen molar-refractivity contribution in [3.8, 4) is 5.75 Å². The first-order valence-electron chi connectivity index (χ1n) is 10.1. The summed E-state index contributed by atoms with van der Waals surface area (Å²) < 4.78 is 5.80. The van der Waals surface area contributed by atoms with E-state index in [2.05, 4.69) is 10.6 Å². The molecule has 0 unspecified atom stereocenters. The van der Waals surface area contributed by atoms with Crippen LogP contribution in [-0.2, 0) is 9.59 Å². The normalized spacial score (nSPS) is 15.0. The summed E-state index contributed by atoms with van der Waals surface area (Å²) >= 11 is 0. The van der Waals surface area contributed by atoms with Gasteiger partial charge in [-0.2, -0.15) is 0 Å². The molecule has 0 radical (unpaired) electrons. The number of aryl methyl sites for hydroxylation is 2. The smallest absolute Gasteiger partial charge is 0.262 e. The zero-order chi connectivity index (χ0) is 21.7. The van der Waals surface area contributed by atoms with E-state index in [-0.39, 0.29) is 30.8 Å². The maximum absolute atomic E-state index is 12.9. The number of hydrogen-bond donors (Lipinski definition) is 2. The minimum Gasteiger partial charge on any atom is -0.477 e. The Morgan fingerprint density at radius 2 is 1.83 bits per heavy atom. The van der Waals surface area contributed by atoms with Crippen molar-refractivity contribution in [3.05, 3.63) is 59.2 Å². The van der Waals surface area contributed by atoms with Crippen molar-refractivity contribution in [2.24, 2.45) is 0 Å². The molecule has 0 bridgehead atoms. The van der Waals surface area contributed by atoms with Crippen LogP contribution in [0.5, 0.6) is 5.75 Å². The molecule has 0 spiro atoms. The summed E-state index contributed by atoms with van der Waals surface area (Å²) in [5, 5.41) is 5.48. The van der Waals surface area contributed by atoms with Crippen molar-refractivity contribution in [2.45, 2.75) is 33.3 Å². The van der Waals surface area contributed by atoms with Crippen molar-refractivity contribution >= 4 is 23.4 Å². The fourth-order valence-corrected chi connectivity index (χ4v) is 3.21. The molecule has 0 saturated carbocycles. The SMILES string of the molecule is CCCNC(=O)[C@@H]1CN(C(=O)CNC(=O)c2ccc(C)c(C)c2)c2ccccc2O1. The van der Waals surface area contributed by atoms with Crippen LogP contribution < -0.4 is 20.3 Å². The molecule has 7 nitrogen and oxygen atoms in total. The Morgan fingerprint density at radius 3 is 2.57 bits per heavy atom. The Kier molecular flexibility index (Phi) is 6.72. The molecule has 3 rings (SSSR count). The zero-order valence-electron chi connectivity index (χ0n) is 17.5. The second-order valence-corrected chi connectivity index (χ2v) is 7.35. The predicted molar refractivity (Wildman–Crippen MR) is 115 cm³/mol. The fourth-order valence-electron chi connectivity index (χ4n) is 3.21. The van der Waals surface area contributed by atoms with Gasteiger partial charge in [0.2, 0.25) is 5.91 Å². The molecular weight excluding hydrogens is 382 g/mol. The number of anilines is 1. The van der Waals surface area contributed by atoms with Gasteiger partial charge in [0, 0.05) is 12.1 Å². The third-order valence-electron chi connectivity index (χ3n) is 5.09. The largest absolute Gasteiger partial charge is 0.477 e. The number of benzene rings is 2. The van der Waals surface area contributed by atoms with Gasteiger partial charge < -0.3 is 20.3 Å². The molecular formula is C23H27N3O4. The van der Waals surface area contributed by atoms with E-state index >= 15 is 0 Å². The maximum Gasteiger partial charge on any atom is 0.262 e. The summed E-state index contributed by atoms with van der Waals surface area (Å²) in [4.78, 5) is 39.3. The van der Waals surface area contributed by atoms with Crippen LogP contribution in [0.3, 0.4) is 0 Å². The number of fused-ring (bicyclic) bond motifs is 1. The molecule has 1 heterocycles. The lowest BCUT2D eigenvalue weighted by atomic mass is 10.1. The molecule has 3 amide bonds. The first-order chi connectivity index (χ1) is 14.4. The van der Waals surface area contributed by atoms with Crippen LogP contribution in [0.15, 0.2) is 42.5 Å². The molecule has 1 aliphatic rings. The molecule has 0 aromatic heterocycles. The van der Waals surface area contributed by atoms with Gasteiger partial charge in [-0.3, -0.25) is 14.4 Å². The van der Waals surface area contributed by atoms with Crippen molar-refractivity contribution in [1.82, 2.24) is 10.6 Å². The minimum absolute atomic E-state index is 0.0882. The highest BCUT2D eigenvalue weighted by Gasteiger charge is 2.33. The van der Waals surface area contributed by atoms with Crippen molar-refractivity contribution < 1.29 is 19.1 Å². The minimum atomic E-state index is -0.800. The molecule has 158 valence electrons. The summed E-state index contributed by atoms with van der Waals surface area (Å²) in [5.74, 6) is -0.418. The Morgan fingerprint density at radius 1 is 1.07 bits per heavy atom. The third kappa shape index (κ3) is 4.79. The number of carbonyl (C=O) groups is 3. The van der Waals surface area contributed by atoms with Gasteiger partial charge in [-0.15, -0.1) is 0 Å². The molecule has 1 atom stereocenters. The zero-order valence-corrected chi connectivity index (χ0v) is 17.5. The first-order valence-corrected chi connectivity index (χ1v) is 10.1. The summed E-state index contributed by atoms with van der Waals surface area (Å²) in [6.45, 7) is 6.33. The number of ether oxygens (including phenoxy) is 1. The van der Waals surface area contributed by atoms with Crippen LogP contribution in [0.1, 0.15) is 34.8 Å². The number of hydrogen-bond acceptors (Lipinski definition) is 4. The third-order valence-corrected chi connectivity index (χ3v) is 5.09. The number of nitrogens with one attached hydrogen (secondary N) is 2. The number of rotatable bonds is 6. The Labute approximate surface area is 176 Å². The molecule has 2 aromatic rings. The molecule has 0 aliphatic carbocycles. The quantitative estimate of drug-likeness (QED) is 0.767. The van der Waals surface area contributed by atoms with Gasteiger partial charge in [0.15, 0.2) is 6.10 Å². The lowest BCUT2D eigenvalue weighted by Crippen LogP contribution is -2.52. The second-order valence-electron chi connectivity index (χ2n) is 7.35. The van der Waals surface area contributed by atoms with E-state index in [0.29, 0.717) is 23.5 Å². The summed E-state index contributed by atoms with van der Waals surface area (Å²) in [6, 6.07) is 12.5. The molecule has 30 heavy (non-hydrogen) atoms. The molecule has 2 N–H and O–H groups in total. The van der Waals surface area contributed by atoms with Crippen LogP contribution in [0.2, 0.25) is 0 Å². The van der Waals surface area contributed by atoms with E-state index in [1.165, 1.54) is 4.90 Å². The monoisotopic (exact) mass is 409 g/mol. The van der Waals surface area contributed by atoms with Crippen LogP contribution in [0, 0.1) is 13.8 Å². The standard InChI is InChI=1S/C23H27N3O4/c1-4-11-24-23(29)20-14-26(18-7-5-6-8-19(18)30-20)21(27)13-25-22(28)17-10-9-15(2)16(3)12-17/h5-10,12,20H,4,11,13-14H2,1-3H3,(H,24,29)(H,25,28)/t20-/m0/s1. The lowest BCUT2D eigenvalue weighted by Gasteiger charge is -2.34. The molecule has 0 saturated heterocycles. The van der Waals surface area contributed by atoms with E-state index < -0.39 is 6.10 Å². The van der Waals surface area contributed by atoms with E-state index in [1.807, 2.05) is 26.8 Å². The van der Waals surface area contributed by atoms with E-state index in [1.54, 1.807) is 36.4 Å². The second kappa shape index (κ2) is 9.43.